The SMILES string of the molecule is COc1ccc(/C=C/C(=O)NCCc2cn3cc(C(F)(F)F)ccc3n2)cc1OC. The molecule has 6 nitrogen and oxygen atoms in total. The Morgan fingerprint density at radius 1 is 1.13 bits per heavy atom. The molecule has 0 unspecified atom stereocenters. The summed E-state index contributed by atoms with van der Waals surface area (Å²) in [5.74, 6) is 0.849. The number of rotatable bonds is 7. The van der Waals surface area contributed by atoms with Crippen molar-refractivity contribution in [3.8, 4) is 11.5 Å². The molecular formula is C21H20F3N3O3. The van der Waals surface area contributed by atoms with Gasteiger partial charge < -0.3 is 19.2 Å². The van der Waals surface area contributed by atoms with Crippen molar-refractivity contribution >= 4 is 17.6 Å². The molecule has 1 N–H and O–H groups in total. The number of nitrogens with zero attached hydrogens (tertiary/aromatic N) is 2. The molecule has 0 radical (unpaired) electrons. The first-order chi connectivity index (χ1) is 14.3. The third-order valence-electron chi connectivity index (χ3n) is 4.34. The normalized spacial score (nSPS) is 11.8. The van der Waals surface area contributed by atoms with Crippen LogP contribution in [-0.4, -0.2) is 36.1 Å². The van der Waals surface area contributed by atoms with Crippen LogP contribution < -0.4 is 14.8 Å². The molecule has 158 valence electrons. The summed E-state index contributed by atoms with van der Waals surface area (Å²) in [4.78, 5) is 16.3. The number of amides is 1. The Labute approximate surface area is 170 Å². The van der Waals surface area contributed by atoms with Gasteiger partial charge in [-0.25, -0.2) is 4.98 Å². The zero-order valence-electron chi connectivity index (χ0n) is 16.4. The molecule has 2 aromatic heterocycles. The van der Waals surface area contributed by atoms with Gasteiger partial charge in [-0.3, -0.25) is 4.79 Å². The number of carbonyl (C=O) groups excluding carboxylic acids is 1. The maximum atomic E-state index is 12.8. The molecule has 0 atom stereocenters. The number of aromatic nitrogens is 2. The topological polar surface area (TPSA) is 64.9 Å². The quantitative estimate of drug-likeness (QED) is 0.593. The number of nitrogens with one attached hydrogen (secondary N) is 1. The number of hydrogen-bond donors (Lipinski definition) is 1. The molecule has 3 rings (SSSR count). The van der Waals surface area contributed by atoms with Gasteiger partial charge in [0.15, 0.2) is 11.5 Å². The highest BCUT2D eigenvalue weighted by molar-refractivity contribution is 5.91. The van der Waals surface area contributed by atoms with E-state index in [1.165, 1.54) is 29.8 Å². The molecule has 0 aliphatic heterocycles. The van der Waals surface area contributed by atoms with Gasteiger partial charge >= 0.3 is 6.18 Å². The smallest absolute Gasteiger partial charge is 0.417 e. The first-order valence-electron chi connectivity index (χ1n) is 9.03. The number of benzene rings is 1. The maximum Gasteiger partial charge on any atom is 0.417 e. The average molecular weight is 419 g/mol. The molecule has 0 fully saturated rings. The van der Waals surface area contributed by atoms with Crippen molar-refractivity contribution in [2.45, 2.75) is 12.6 Å². The minimum atomic E-state index is -4.41. The van der Waals surface area contributed by atoms with E-state index in [-0.39, 0.29) is 5.91 Å². The zero-order chi connectivity index (χ0) is 21.7. The summed E-state index contributed by atoms with van der Waals surface area (Å²) in [5, 5.41) is 2.72. The molecule has 30 heavy (non-hydrogen) atoms. The second-order valence-corrected chi connectivity index (χ2v) is 6.40. The summed E-state index contributed by atoms with van der Waals surface area (Å²) >= 11 is 0. The molecule has 9 heteroatoms. The van der Waals surface area contributed by atoms with Crippen LogP contribution in [0.5, 0.6) is 11.5 Å². The molecule has 0 saturated heterocycles. The van der Waals surface area contributed by atoms with Gasteiger partial charge in [0.1, 0.15) is 5.65 Å². The van der Waals surface area contributed by atoms with Crippen molar-refractivity contribution in [3.05, 3.63) is 65.6 Å². The molecular weight excluding hydrogens is 399 g/mol. The van der Waals surface area contributed by atoms with Crippen LogP contribution in [0.4, 0.5) is 13.2 Å². The van der Waals surface area contributed by atoms with Crippen molar-refractivity contribution in [2.24, 2.45) is 0 Å². The van der Waals surface area contributed by atoms with Gasteiger partial charge in [0.05, 0.1) is 25.5 Å². The summed E-state index contributed by atoms with van der Waals surface area (Å²) in [6, 6.07) is 7.58. The second kappa shape index (κ2) is 8.89. The number of carbonyl (C=O) groups is 1. The highest BCUT2D eigenvalue weighted by Gasteiger charge is 2.30. The minimum absolute atomic E-state index is 0.297. The van der Waals surface area contributed by atoms with Crippen molar-refractivity contribution < 1.29 is 27.4 Å². The predicted octanol–water partition coefficient (Wildman–Crippen LogP) is 3.74. The number of fused-ring (bicyclic) bond motifs is 1. The van der Waals surface area contributed by atoms with Crippen LogP contribution >= 0.6 is 0 Å². The maximum absolute atomic E-state index is 12.8. The fraction of sp³-hybridized carbons (Fsp3) is 0.238. The standard InChI is InChI=1S/C21H20F3N3O3/c1-29-17-6-3-14(11-18(17)30-2)4-8-20(28)25-10-9-16-13-27-12-15(21(22,23)24)5-7-19(27)26-16/h3-8,11-13H,9-10H2,1-2H3,(H,25,28)/b8-4+. The number of alkyl halides is 3. The van der Waals surface area contributed by atoms with Crippen LogP contribution in [0.3, 0.4) is 0 Å². The van der Waals surface area contributed by atoms with Crippen molar-refractivity contribution in [1.82, 2.24) is 14.7 Å². The Bertz CT molecular complexity index is 1070. The number of pyridine rings is 1. The van der Waals surface area contributed by atoms with Crippen molar-refractivity contribution in [2.75, 3.05) is 20.8 Å². The second-order valence-electron chi connectivity index (χ2n) is 6.40. The number of ether oxygens (including phenoxy) is 2. The van der Waals surface area contributed by atoms with Gasteiger partial charge in [0.25, 0.3) is 0 Å². The predicted molar refractivity (Wildman–Crippen MR) is 105 cm³/mol. The molecule has 0 spiro atoms. The monoisotopic (exact) mass is 419 g/mol. The summed E-state index contributed by atoms with van der Waals surface area (Å²) in [7, 11) is 3.07. The third-order valence-corrected chi connectivity index (χ3v) is 4.34. The number of imidazole rings is 1. The van der Waals surface area contributed by atoms with E-state index in [4.69, 9.17) is 9.47 Å². The lowest BCUT2D eigenvalue weighted by molar-refractivity contribution is -0.137. The van der Waals surface area contributed by atoms with Gasteiger partial charge in [-0.05, 0) is 35.9 Å². The van der Waals surface area contributed by atoms with E-state index < -0.39 is 11.7 Å². The van der Waals surface area contributed by atoms with Gasteiger partial charge in [-0.2, -0.15) is 13.2 Å². The lowest BCUT2D eigenvalue weighted by Gasteiger charge is -2.07. The Morgan fingerprint density at radius 2 is 1.90 bits per heavy atom. The van der Waals surface area contributed by atoms with Crippen LogP contribution in [0.25, 0.3) is 11.7 Å². The molecule has 0 saturated carbocycles. The van der Waals surface area contributed by atoms with Crippen molar-refractivity contribution in [1.29, 1.82) is 0 Å². The van der Waals surface area contributed by atoms with E-state index in [9.17, 15) is 18.0 Å². The molecule has 0 bridgehead atoms. The number of methoxy groups -OCH3 is 2. The average Bonchev–Trinajstić information content (AvgIpc) is 3.13. The van der Waals surface area contributed by atoms with Gasteiger partial charge in [-0.1, -0.05) is 6.07 Å². The van der Waals surface area contributed by atoms with Crippen LogP contribution in [0.2, 0.25) is 0 Å². The minimum Gasteiger partial charge on any atom is -0.493 e. The van der Waals surface area contributed by atoms with Crippen molar-refractivity contribution in [3.63, 3.8) is 0 Å². The lowest BCUT2D eigenvalue weighted by Crippen LogP contribution is -2.23. The van der Waals surface area contributed by atoms with Gasteiger partial charge in [0, 0.05) is 31.4 Å². The molecule has 0 aliphatic rings. The lowest BCUT2D eigenvalue weighted by atomic mass is 10.2. The van der Waals surface area contributed by atoms with Crippen LogP contribution in [0, 0.1) is 0 Å². The van der Waals surface area contributed by atoms with Crippen LogP contribution in [0.1, 0.15) is 16.8 Å². The third kappa shape index (κ3) is 5.11. The van der Waals surface area contributed by atoms with E-state index in [1.54, 1.807) is 31.4 Å². The number of hydrogen-bond acceptors (Lipinski definition) is 4. The fourth-order valence-corrected chi connectivity index (χ4v) is 2.83. The highest BCUT2D eigenvalue weighted by Crippen LogP contribution is 2.29. The Hall–Kier alpha value is -3.49. The summed E-state index contributed by atoms with van der Waals surface area (Å²) in [6.07, 6.45) is 1.53. The van der Waals surface area contributed by atoms with Gasteiger partial charge in [-0.15, -0.1) is 0 Å². The number of halogens is 3. The largest absolute Gasteiger partial charge is 0.493 e. The summed E-state index contributed by atoms with van der Waals surface area (Å²) in [5.41, 5.74) is 1.02. The Balaban J connectivity index is 1.56. The Morgan fingerprint density at radius 3 is 2.60 bits per heavy atom. The summed E-state index contributed by atoms with van der Waals surface area (Å²) < 4.78 is 50.1. The Kier molecular flexibility index (Phi) is 6.29. The first-order valence-corrected chi connectivity index (χ1v) is 9.03. The molecule has 1 aromatic carbocycles. The van der Waals surface area contributed by atoms with E-state index in [1.807, 2.05) is 0 Å². The van der Waals surface area contributed by atoms with Crippen LogP contribution in [0.15, 0.2) is 48.8 Å². The molecule has 0 aliphatic carbocycles. The molecule has 1 amide bonds. The van der Waals surface area contributed by atoms with E-state index in [0.29, 0.717) is 35.8 Å². The first kappa shape index (κ1) is 21.2. The highest BCUT2D eigenvalue weighted by atomic mass is 19.4. The van der Waals surface area contributed by atoms with Gasteiger partial charge in [0.2, 0.25) is 5.91 Å². The fourth-order valence-electron chi connectivity index (χ4n) is 2.83. The molecule has 2 heterocycles. The molecule has 3 aromatic rings. The summed E-state index contributed by atoms with van der Waals surface area (Å²) in [6.45, 7) is 0.297. The van der Waals surface area contributed by atoms with E-state index >= 15 is 0 Å². The van der Waals surface area contributed by atoms with E-state index in [0.717, 1.165) is 17.8 Å². The zero-order valence-corrected chi connectivity index (χ0v) is 16.4. The van der Waals surface area contributed by atoms with Crippen LogP contribution in [-0.2, 0) is 17.4 Å². The van der Waals surface area contributed by atoms with E-state index in [2.05, 4.69) is 10.3 Å².